The monoisotopic (exact) mass is 503 g/mol. The van der Waals surface area contributed by atoms with Crippen molar-refractivity contribution in [1.29, 1.82) is 0 Å². The lowest BCUT2D eigenvalue weighted by Crippen LogP contribution is -2.37. The van der Waals surface area contributed by atoms with Crippen molar-refractivity contribution in [3.8, 4) is 0 Å². The molecule has 0 saturated heterocycles. The number of hydrogen-bond acceptors (Lipinski definition) is 7. The summed E-state index contributed by atoms with van der Waals surface area (Å²) >= 11 is 0. The van der Waals surface area contributed by atoms with E-state index in [4.69, 9.17) is 0 Å². The first-order chi connectivity index (χ1) is 14.2. The van der Waals surface area contributed by atoms with Crippen molar-refractivity contribution in [3.05, 3.63) is 53.3 Å². The number of aromatic nitrogens is 3. The predicted octanol–water partition coefficient (Wildman–Crippen LogP) is 5.20. The van der Waals surface area contributed by atoms with Crippen LogP contribution >= 0.6 is 24.8 Å². The minimum absolute atomic E-state index is 0. The second-order valence-corrected chi connectivity index (χ2v) is 7.64. The summed E-state index contributed by atoms with van der Waals surface area (Å²) in [6, 6.07) is 11.4. The van der Waals surface area contributed by atoms with E-state index < -0.39 is 0 Å². The van der Waals surface area contributed by atoms with Crippen LogP contribution in [0.4, 0.5) is 0 Å². The highest BCUT2D eigenvalue weighted by atomic mass is 35.5. The molecule has 33 heavy (non-hydrogen) atoms. The molecule has 0 spiro atoms. The van der Waals surface area contributed by atoms with Gasteiger partial charge in [-0.1, -0.05) is 58.0 Å². The third-order valence-electron chi connectivity index (χ3n) is 5.97. The van der Waals surface area contributed by atoms with Crippen LogP contribution in [0.1, 0.15) is 57.4 Å². The van der Waals surface area contributed by atoms with Crippen LogP contribution in [0.25, 0.3) is 0 Å². The third-order valence-corrected chi connectivity index (χ3v) is 5.97. The van der Waals surface area contributed by atoms with E-state index in [9.17, 15) is 0 Å². The molecular formula is C24H47Cl2N7. The lowest BCUT2D eigenvalue weighted by Gasteiger charge is -2.30. The third kappa shape index (κ3) is 12.6. The van der Waals surface area contributed by atoms with Gasteiger partial charge in [0.1, 0.15) is 0 Å². The number of halogens is 2. The second-order valence-electron chi connectivity index (χ2n) is 7.64. The van der Waals surface area contributed by atoms with E-state index in [-0.39, 0.29) is 37.1 Å². The van der Waals surface area contributed by atoms with Gasteiger partial charge in [-0.3, -0.25) is 0 Å². The van der Waals surface area contributed by atoms with Crippen molar-refractivity contribution < 1.29 is 0 Å². The fraction of sp³-hybridized carbons (Fsp3) is 0.625. The lowest BCUT2D eigenvalue weighted by molar-refractivity contribution is 0.204. The molecule has 7 nitrogen and oxygen atoms in total. The Morgan fingerprint density at radius 1 is 0.848 bits per heavy atom. The van der Waals surface area contributed by atoms with Gasteiger partial charge >= 0.3 is 0 Å². The largest absolute Gasteiger partial charge is 0.344 e. The van der Waals surface area contributed by atoms with Crippen LogP contribution in [-0.2, 0) is 19.3 Å². The number of benzene rings is 1. The molecular weight excluding hydrogens is 457 g/mol. The number of nitrogens with zero attached hydrogens (tertiary/aromatic N) is 5. The van der Waals surface area contributed by atoms with Gasteiger partial charge in [-0.15, -0.1) is 35.0 Å². The molecule has 0 aliphatic rings. The van der Waals surface area contributed by atoms with E-state index in [2.05, 4.69) is 83.2 Å². The number of aryl methyl sites for hydroxylation is 2. The Balaban J connectivity index is -0.00000225. The van der Waals surface area contributed by atoms with E-state index in [1.54, 1.807) is 0 Å². The summed E-state index contributed by atoms with van der Waals surface area (Å²) in [6.45, 7) is 14.5. The molecule has 2 rings (SSSR count). The minimum atomic E-state index is 0. The summed E-state index contributed by atoms with van der Waals surface area (Å²) < 4.78 is 0. The maximum Gasteiger partial charge on any atom is 0.0697 e. The van der Waals surface area contributed by atoms with Gasteiger partial charge in [-0.05, 0) is 81.2 Å². The fourth-order valence-electron chi connectivity index (χ4n) is 4.11. The fourth-order valence-corrected chi connectivity index (χ4v) is 4.11. The van der Waals surface area contributed by atoms with Crippen LogP contribution in [0.15, 0.2) is 36.5 Å². The quantitative estimate of drug-likeness (QED) is 0.363. The van der Waals surface area contributed by atoms with Gasteiger partial charge in [0.2, 0.25) is 0 Å². The second kappa shape index (κ2) is 21.2. The van der Waals surface area contributed by atoms with Crippen LogP contribution in [0.5, 0.6) is 0 Å². The summed E-state index contributed by atoms with van der Waals surface area (Å²) in [6.07, 6.45) is 7.24. The lowest BCUT2D eigenvalue weighted by atomic mass is 9.97. The zero-order valence-electron chi connectivity index (χ0n) is 21.1. The normalized spacial score (nSPS) is 11.1. The van der Waals surface area contributed by atoms with Gasteiger partial charge in [-0.25, -0.2) is 0 Å². The maximum absolute atomic E-state index is 4.41. The van der Waals surface area contributed by atoms with Crippen molar-refractivity contribution in [1.82, 2.24) is 37.5 Å². The molecule has 0 aliphatic heterocycles. The van der Waals surface area contributed by atoms with Crippen molar-refractivity contribution in [2.24, 2.45) is 0 Å². The minimum Gasteiger partial charge on any atom is -0.344 e. The van der Waals surface area contributed by atoms with Crippen molar-refractivity contribution in [2.45, 2.75) is 65.8 Å². The zero-order chi connectivity index (χ0) is 20.9. The van der Waals surface area contributed by atoms with Crippen LogP contribution in [0, 0.1) is 0 Å². The molecule has 2 aromatic rings. The van der Waals surface area contributed by atoms with Crippen LogP contribution < -0.4 is 12.3 Å². The van der Waals surface area contributed by atoms with Crippen LogP contribution in [0.3, 0.4) is 0 Å². The van der Waals surface area contributed by atoms with E-state index in [1.807, 2.05) is 6.20 Å². The molecule has 0 saturated carbocycles. The van der Waals surface area contributed by atoms with E-state index in [0.717, 1.165) is 70.5 Å². The molecule has 0 aliphatic carbocycles. The Labute approximate surface area is 214 Å². The predicted molar refractivity (Wildman–Crippen MR) is 146 cm³/mol. The molecule has 1 heterocycles. The molecule has 0 amide bonds. The summed E-state index contributed by atoms with van der Waals surface area (Å²) in [5, 5.41) is 12.4. The first kappa shape index (κ1) is 36.2. The van der Waals surface area contributed by atoms with Gasteiger partial charge in [0.05, 0.1) is 11.9 Å². The number of likely N-dealkylation sites (N-methyl/N-ethyl adjacent to an activating group) is 1. The molecule has 9 heteroatoms. The van der Waals surface area contributed by atoms with Crippen molar-refractivity contribution >= 4 is 24.8 Å². The average Bonchev–Trinajstić information content (AvgIpc) is 2.77. The molecule has 1 unspecified atom stereocenters. The van der Waals surface area contributed by atoms with Gasteiger partial charge < -0.3 is 22.1 Å². The van der Waals surface area contributed by atoms with Crippen LogP contribution in [0.2, 0.25) is 0 Å². The first-order valence-electron chi connectivity index (χ1n) is 11.4. The SMILES string of the molecule is CCN(CC)CCCc1cnnnc1CCC(Cc1ccccc1)N(CC)CC.Cl.Cl.N.N. The summed E-state index contributed by atoms with van der Waals surface area (Å²) in [5.74, 6) is 0. The summed E-state index contributed by atoms with van der Waals surface area (Å²) in [5.41, 5.74) is 3.81. The van der Waals surface area contributed by atoms with Crippen molar-refractivity contribution in [2.75, 3.05) is 32.7 Å². The van der Waals surface area contributed by atoms with Gasteiger partial charge in [0, 0.05) is 6.04 Å². The Hall–Kier alpha value is -1.35. The highest BCUT2D eigenvalue weighted by Gasteiger charge is 2.18. The molecule has 0 bridgehead atoms. The Bertz CT molecular complexity index is 684. The molecule has 0 radical (unpaired) electrons. The van der Waals surface area contributed by atoms with E-state index >= 15 is 0 Å². The van der Waals surface area contributed by atoms with E-state index in [0.29, 0.717) is 6.04 Å². The smallest absolute Gasteiger partial charge is 0.0697 e. The van der Waals surface area contributed by atoms with Gasteiger partial charge in [-0.2, -0.15) is 0 Å². The van der Waals surface area contributed by atoms with Gasteiger partial charge in [0.15, 0.2) is 0 Å². The van der Waals surface area contributed by atoms with E-state index in [1.165, 1.54) is 11.1 Å². The molecule has 0 fully saturated rings. The molecule has 6 N–H and O–H groups in total. The Kier molecular flexibility index (Phi) is 23.3. The van der Waals surface area contributed by atoms with Gasteiger partial charge in [0.25, 0.3) is 0 Å². The molecule has 192 valence electrons. The summed E-state index contributed by atoms with van der Waals surface area (Å²) in [7, 11) is 0. The Morgan fingerprint density at radius 3 is 2.06 bits per heavy atom. The average molecular weight is 505 g/mol. The van der Waals surface area contributed by atoms with Crippen molar-refractivity contribution in [3.63, 3.8) is 0 Å². The molecule has 1 aromatic carbocycles. The maximum atomic E-state index is 4.41. The molecule has 1 aromatic heterocycles. The standard InChI is InChI=1S/C24H39N5.2ClH.2H3N/c1-5-28(6-2)18-12-15-22-20-25-27-26-24(22)17-16-23(29(7-3)8-4)19-21-13-10-9-11-14-21;;;;/h9-11,13-14,20,23H,5-8,12,15-19H2,1-4H3;2*1H;2*1H3. The zero-order valence-corrected chi connectivity index (χ0v) is 22.7. The molecule has 1 atom stereocenters. The summed E-state index contributed by atoms with van der Waals surface area (Å²) in [4.78, 5) is 5.04. The Morgan fingerprint density at radius 2 is 1.48 bits per heavy atom. The highest BCUT2D eigenvalue weighted by molar-refractivity contribution is 5.85. The highest BCUT2D eigenvalue weighted by Crippen LogP contribution is 2.17. The number of rotatable bonds is 14. The topological polar surface area (TPSA) is 115 Å². The van der Waals surface area contributed by atoms with Crippen LogP contribution in [-0.4, -0.2) is 64.0 Å². The number of hydrogen-bond donors (Lipinski definition) is 2. The first-order valence-corrected chi connectivity index (χ1v) is 11.4.